The summed E-state index contributed by atoms with van der Waals surface area (Å²) in [6.07, 6.45) is -0.758. The number of carbonyl (C=O) groups excluding carboxylic acids is 1. The topological polar surface area (TPSA) is 107 Å². The Balaban J connectivity index is 2.68. The van der Waals surface area contributed by atoms with Crippen molar-refractivity contribution >= 4 is 11.6 Å². The summed E-state index contributed by atoms with van der Waals surface area (Å²) in [4.78, 5) is 20.9. The Labute approximate surface area is 91.3 Å². The fourth-order valence-corrected chi connectivity index (χ4v) is 1.02. The molecule has 0 aliphatic heterocycles. The fraction of sp³-hybridized carbons (Fsp3) is 0.222. The average molecular weight is 225 g/mol. The van der Waals surface area contributed by atoms with E-state index in [9.17, 15) is 14.9 Å². The number of nitro groups is 1. The average Bonchev–Trinajstić information content (AvgIpc) is 2.28. The Morgan fingerprint density at radius 3 is 2.50 bits per heavy atom. The van der Waals surface area contributed by atoms with Crippen molar-refractivity contribution in [2.45, 2.75) is 13.0 Å². The van der Waals surface area contributed by atoms with E-state index < -0.39 is 16.9 Å². The first-order valence-corrected chi connectivity index (χ1v) is 4.46. The number of nitrogens with two attached hydrogens (primary N) is 1. The molecule has 0 aliphatic rings. The molecule has 0 heterocycles. The van der Waals surface area contributed by atoms with Gasteiger partial charge in [0.1, 0.15) is 5.75 Å². The van der Waals surface area contributed by atoms with E-state index in [1.807, 2.05) is 5.43 Å². The molecule has 1 amide bonds. The van der Waals surface area contributed by atoms with Crippen LogP contribution in [-0.4, -0.2) is 16.9 Å². The summed E-state index contributed by atoms with van der Waals surface area (Å²) in [6.45, 7) is 1.52. The van der Waals surface area contributed by atoms with Gasteiger partial charge in [-0.1, -0.05) is 0 Å². The van der Waals surface area contributed by atoms with Crippen molar-refractivity contribution in [1.29, 1.82) is 0 Å². The number of amides is 1. The first-order chi connectivity index (χ1) is 7.54. The first kappa shape index (κ1) is 11.9. The molecule has 7 heteroatoms. The van der Waals surface area contributed by atoms with Gasteiger partial charge in [-0.3, -0.25) is 20.3 Å². The number of hydrazine groups is 1. The van der Waals surface area contributed by atoms with Crippen LogP contribution in [0.2, 0.25) is 0 Å². The maximum atomic E-state index is 11.0. The Bertz CT molecular complexity index is 390. The van der Waals surface area contributed by atoms with Crippen LogP contribution in [0.5, 0.6) is 5.75 Å². The van der Waals surface area contributed by atoms with Crippen LogP contribution in [0.1, 0.15) is 6.92 Å². The van der Waals surface area contributed by atoms with E-state index in [0.29, 0.717) is 5.75 Å². The zero-order valence-electron chi connectivity index (χ0n) is 8.54. The number of carbonyl (C=O) groups is 1. The summed E-state index contributed by atoms with van der Waals surface area (Å²) in [6, 6.07) is 5.42. The number of nitro benzene ring substituents is 1. The lowest BCUT2D eigenvalue weighted by Gasteiger charge is -2.12. The van der Waals surface area contributed by atoms with E-state index in [2.05, 4.69) is 0 Å². The number of benzene rings is 1. The molecule has 0 aromatic heterocycles. The van der Waals surface area contributed by atoms with Crippen LogP contribution in [0, 0.1) is 10.1 Å². The summed E-state index contributed by atoms with van der Waals surface area (Å²) >= 11 is 0. The van der Waals surface area contributed by atoms with E-state index in [1.165, 1.54) is 31.2 Å². The van der Waals surface area contributed by atoms with Crippen molar-refractivity contribution in [3.8, 4) is 5.75 Å². The van der Waals surface area contributed by atoms with Crippen molar-refractivity contribution in [3.63, 3.8) is 0 Å². The monoisotopic (exact) mass is 225 g/mol. The molecule has 0 saturated heterocycles. The molecule has 0 bridgehead atoms. The molecule has 0 fully saturated rings. The Hall–Kier alpha value is -2.15. The van der Waals surface area contributed by atoms with E-state index >= 15 is 0 Å². The second kappa shape index (κ2) is 5.08. The largest absolute Gasteiger partial charge is 0.481 e. The standard InChI is InChI=1S/C9H11N3O4/c1-6(9(13)11-10)16-8-4-2-7(3-5-8)12(14)15/h2-6H,10H2,1H3,(H,11,13)/t6-/m0/s1. The van der Waals surface area contributed by atoms with Gasteiger partial charge in [0.15, 0.2) is 6.10 Å². The SMILES string of the molecule is C[C@H](Oc1ccc([N+](=O)[O-])cc1)C(=O)NN. The third-order valence-electron chi connectivity index (χ3n) is 1.87. The molecule has 1 atom stereocenters. The van der Waals surface area contributed by atoms with E-state index in [1.54, 1.807) is 0 Å². The van der Waals surface area contributed by atoms with Gasteiger partial charge in [0.05, 0.1) is 4.92 Å². The molecule has 0 radical (unpaired) electrons. The summed E-state index contributed by atoms with van der Waals surface area (Å²) in [5.74, 6) is 4.81. The molecule has 3 N–H and O–H groups in total. The van der Waals surface area contributed by atoms with Crippen molar-refractivity contribution in [1.82, 2.24) is 5.43 Å². The molecule has 86 valence electrons. The predicted octanol–water partition coefficient (Wildman–Crippen LogP) is 0.352. The summed E-state index contributed by atoms with van der Waals surface area (Å²) in [5, 5.41) is 10.4. The maximum Gasteiger partial charge on any atom is 0.274 e. The number of hydrogen-bond donors (Lipinski definition) is 2. The third-order valence-corrected chi connectivity index (χ3v) is 1.87. The maximum absolute atomic E-state index is 11.0. The van der Waals surface area contributed by atoms with Crippen LogP contribution >= 0.6 is 0 Å². The molecule has 1 aromatic rings. The Kier molecular flexibility index (Phi) is 3.78. The van der Waals surface area contributed by atoms with Gasteiger partial charge in [-0.25, -0.2) is 5.84 Å². The molecule has 16 heavy (non-hydrogen) atoms. The van der Waals surface area contributed by atoms with Gasteiger partial charge >= 0.3 is 0 Å². The van der Waals surface area contributed by atoms with Crippen LogP contribution in [0.3, 0.4) is 0 Å². The number of non-ortho nitro benzene ring substituents is 1. The number of nitrogens with one attached hydrogen (secondary N) is 1. The highest BCUT2D eigenvalue weighted by atomic mass is 16.6. The predicted molar refractivity (Wildman–Crippen MR) is 55.5 cm³/mol. The van der Waals surface area contributed by atoms with E-state index in [-0.39, 0.29) is 5.69 Å². The molecule has 1 aromatic carbocycles. The van der Waals surface area contributed by atoms with Gasteiger partial charge in [0, 0.05) is 12.1 Å². The minimum absolute atomic E-state index is 0.0386. The van der Waals surface area contributed by atoms with E-state index in [0.717, 1.165) is 0 Å². The molecule has 0 saturated carbocycles. The zero-order chi connectivity index (χ0) is 12.1. The highest BCUT2D eigenvalue weighted by molar-refractivity contribution is 5.80. The lowest BCUT2D eigenvalue weighted by Crippen LogP contribution is -2.40. The van der Waals surface area contributed by atoms with Crippen molar-refractivity contribution in [2.24, 2.45) is 5.84 Å². The van der Waals surface area contributed by atoms with Gasteiger partial charge in [0.2, 0.25) is 0 Å². The van der Waals surface area contributed by atoms with E-state index in [4.69, 9.17) is 10.6 Å². The Morgan fingerprint density at radius 1 is 1.50 bits per heavy atom. The molecular weight excluding hydrogens is 214 g/mol. The molecule has 0 aliphatic carbocycles. The minimum Gasteiger partial charge on any atom is -0.481 e. The van der Waals surface area contributed by atoms with Crippen LogP contribution in [0.4, 0.5) is 5.69 Å². The lowest BCUT2D eigenvalue weighted by molar-refractivity contribution is -0.384. The highest BCUT2D eigenvalue weighted by Gasteiger charge is 2.13. The van der Waals surface area contributed by atoms with Gasteiger partial charge < -0.3 is 4.74 Å². The summed E-state index contributed by atoms with van der Waals surface area (Å²) in [5.41, 5.74) is 1.90. The van der Waals surface area contributed by atoms with Gasteiger partial charge in [0.25, 0.3) is 11.6 Å². The van der Waals surface area contributed by atoms with Crippen molar-refractivity contribution < 1.29 is 14.5 Å². The fourth-order valence-electron chi connectivity index (χ4n) is 1.02. The lowest BCUT2D eigenvalue weighted by atomic mass is 10.3. The van der Waals surface area contributed by atoms with Crippen molar-refractivity contribution in [2.75, 3.05) is 0 Å². The highest BCUT2D eigenvalue weighted by Crippen LogP contribution is 2.18. The molecule has 0 unspecified atom stereocenters. The van der Waals surface area contributed by atoms with Crippen LogP contribution in [-0.2, 0) is 4.79 Å². The number of hydrogen-bond acceptors (Lipinski definition) is 5. The van der Waals surface area contributed by atoms with Crippen LogP contribution < -0.4 is 16.0 Å². The molecular formula is C9H11N3O4. The first-order valence-electron chi connectivity index (χ1n) is 4.46. The van der Waals surface area contributed by atoms with Gasteiger partial charge in [-0.15, -0.1) is 0 Å². The van der Waals surface area contributed by atoms with Crippen molar-refractivity contribution in [3.05, 3.63) is 34.4 Å². The quantitative estimate of drug-likeness (QED) is 0.333. The number of ether oxygens (including phenoxy) is 1. The van der Waals surface area contributed by atoms with Crippen LogP contribution in [0.15, 0.2) is 24.3 Å². The minimum atomic E-state index is -0.758. The summed E-state index contributed by atoms with van der Waals surface area (Å²) < 4.78 is 5.19. The third kappa shape index (κ3) is 2.92. The molecule has 0 spiro atoms. The second-order valence-electron chi connectivity index (χ2n) is 3.02. The number of rotatable bonds is 4. The molecule has 1 rings (SSSR count). The molecule has 7 nitrogen and oxygen atoms in total. The van der Waals surface area contributed by atoms with Crippen LogP contribution in [0.25, 0.3) is 0 Å². The van der Waals surface area contributed by atoms with Gasteiger partial charge in [-0.05, 0) is 19.1 Å². The Morgan fingerprint density at radius 2 is 2.06 bits per heavy atom. The number of nitrogens with zero attached hydrogens (tertiary/aromatic N) is 1. The summed E-state index contributed by atoms with van der Waals surface area (Å²) in [7, 11) is 0. The smallest absolute Gasteiger partial charge is 0.274 e. The zero-order valence-corrected chi connectivity index (χ0v) is 8.54. The van der Waals surface area contributed by atoms with Gasteiger partial charge in [-0.2, -0.15) is 0 Å². The normalized spacial score (nSPS) is 11.6. The second-order valence-corrected chi connectivity index (χ2v) is 3.02.